The lowest BCUT2D eigenvalue weighted by molar-refractivity contribution is -0.135. The van der Waals surface area contributed by atoms with Gasteiger partial charge in [-0.1, -0.05) is 212 Å². The first-order valence-corrected chi connectivity index (χ1v) is 23.4. The maximum Gasteiger partial charge on any atom is 0.414 e. The van der Waals surface area contributed by atoms with Gasteiger partial charge in [-0.2, -0.15) is 0 Å². The number of amides is 2. The molecule has 0 N–H and O–H groups in total. The van der Waals surface area contributed by atoms with Crippen LogP contribution >= 0.6 is 0 Å². The van der Waals surface area contributed by atoms with Crippen molar-refractivity contribution in [3.63, 3.8) is 0 Å². The lowest BCUT2D eigenvalue weighted by atomic mass is 9.77. The molecule has 2 amide bonds. The first-order valence-electron chi connectivity index (χ1n) is 23.4. The molecule has 2 aromatic heterocycles. The second-order valence-electron chi connectivity index (χ2n) is 17.3. The number of aromatic nitrogens is 4. The van der Waals surface area contributed by atoms with Crippen molar-refractivity contribution in [1.29, 1.82) is 0 Å². The Morgan fingerprint density at radius 2 is 0.870 bits per heavy atom. The van der Waals surface area contributed by atoms with Crippen molar-refractivity contribution in [2.45, 2.75) is 42.9 Å². The fourth-order valence-corrected chi connectivity index (χ4v) is 9.92. The van der Waals surface area contributed by atoms with Gasteiger partial charge in [0, 0.05) is 31.2 Å². The van der Waals surface area contributed by atoms with E-state index in [2.05, 4.69) is 161 Å². The fraction of sp³-hybridized carbons (Fsp3) is 0.133. The standard InChI is InChI=1S/C60H52N6O3/c67-57-56(41-47-23-8-1-9-24-47)66(39-38-63(57)42-55-44-65(46-62-55)60(51-31-16-5-17-32-51,52-33-18-6-19-34-52)53-35-20-7-21-36-53)58(68)69-40-22-37-54-43-64(45-61-54)59(48-25-10-2-11-26-48,49-27-12-3-13-28-49)50-29-14-4-15-30-50/h1-21,23-36,38-39,43-46,56H,22,37,40-42H2/t56-/m0/s1. The minimum absolute atomic E-state index is 0.149. The van der Waals surface area contributed by atoms with Gasteiger partial charge in [0.15, 0.2) is 0 Å². The quantitative estimate of drug-likeness (QED) is 0.0712. The zero-order valence-electron chi connectivity index (χ0n) is 38.2. The van der Waals surface area contributed by atoms with Crippen LogP contribution in [-0.2, 0) is 40.0 Å². The molecule has 9 nitrogen and oxygen atoms in total. The molecule has 3 heterocycles. The van der Waals surface area contributed by atoms with Crippen LogP contribution in [0.2, 0.25) is 0 Å². The van der Waals surface area contributed by atoms with E-state index in [0.717, 1.165) is 44.6 Å². The molecule has 9 heteroatoms. The Kier molecular flexibility index (Phi) is 12.9. The molecule has 0 saturated heterocycles. The minimum atomic E-state index is -0.832. The van der Waals surface area contributed by atoms with E-state index in [9.17, 15) is 9.59 Å². The third kappa shape index (κ3) is 8.78. The summed E-state index contributed by atoms with van der Waals surface area (Å²) < 4.78 is 10.3. The molecule has 0 bridgehead atoms. The highest BCUT2D eigenvalue weighted by Crippen LogP contribution is 2.42. The Labute approximate surface area is 403 Å². The molecule has 0 saturated carbocycles. The van der Waals surface area contributed by atoms with Gasteiger partial charge in [0.1, 0.15) is 17.1 Å². The topological polar surface area (TPSA) is 85.5 Å². The molecule has 10 rings (SSSR count). The lowest BCUT2D eigenvalue weighted by Gasteiger charge is -2.37. The molecule has 1 aliphatic rings. The first kappa shape index (κ1) is 44.3. The normalized spacial score (nSPS) is 13.9. The highest BCUT2D eigenvalue weighted by atomic mass is 16.6. The molecular weight excluding hydrogens is 853 g/mol. The van der Waals surface area contributed by atoms with Gasteiger partial charge in [0.05, 0.1) is 37.2 Å². The van der Waals surface area contributed by atoms with Gasteiger partial charge < -0.3 is 18.8 Å². The van der Waals surface area contributed by atoms with Crippen LogP contribution in [0.3, 0.4) is 0 Å². The van der Waals surface area contributed by atoms with Crippen molar-refractivity contribution in [2.24, 2.45) is 0 Å². The zero-order chi connectivity index (χ0) is 46.9. The number of imidazole rings is 2. The minimum Gasteiger partial charge on any atom is -0.449 e. The van der Waals surface area contributed by atoms with Crippen LogP contribution in [0.15, 0.2) is 250 Å². The molecule has 0 unspecified atom stereocenters. The van der Waals surface area contributed by atoms with E-state index < -0.39 is 23.2 Å². The number of rotatable bonds is 16. The predicted molar refractivity (Wildman–Crippen MR) is 269 cm³/mol. The van der Waals surface area contributed by atoms with Gasteiger partial charge in [0.2, 0.25) is 0 Å². The Bertz CT molecular complexity index is 2910. The Hall–Kier alpha value is -8.56. The number of benzene rings is 7. The van der Waals surface area contributed by atoms with E-state index >= 15 is 0 Å². The maximum absolute atomic E-state index is 14.6. The summed E-state index contributed by atoms with van der Waals surface area (Å²) >= 11 is 0. The molecule has 69 heavy (non-hydrogen) atoms. The van der Waals surface area contributed by atoms with Crippen molar-refractivity contribution in [1.82, 2.24) is 28.9 Å². The molecule has 7 aromatic carbocycles. The monoisotopic (exact) mass is 904 g/mol. The molecule has 1 aliphatic heterocycles. The fourth-order valence-electron chi connectivity index (χ4n) is 9.92. The summed E-state index contributed by atoms with van der Waals surface area (Å²) in [7, 11) is 0. The summed E-state index contributed by atoms with van der Waals surface area (Å²) in [5.41, 5.74) is 7.63. The van der Waals surface area contributed by atoms with Crippen LogP contribution in [-0.4, -0.2) is 53.6 Å². The second kappa shape index (κ2) is 20.1. The van der Waals surface area contributed by atoms with Crippen molar-refractivity contribution >= 4 is 12.0 Å². The molecule has 0 aliphatic carbocycles. The van der Waals surface area contributed by atoms with Crippen LogP contribution in [0.25, 0.3) is 0 Å². The van der Waals surface area contributed by atoms with Crippen molar-refractivity contribution in [2.75, 3.05) is 6.61 Å². The van der Waals surface area contributed by atoms with E-state index in [0.29, 0.717) is 25.0 Å². The third-order valence-electron chi connectivity index (χ3n) is 13.1. The summed E-state index contributed by atoms with van der Waals surface area (Å²) in [6, 6.07) is 71.6. The third-order valence-corrected chi connectivity index (χ3v) is 13.1. The van der Waals surface area contributed by atoms with E-state index in [4.69, 9.17) is 14.7 Å². The molecule has 1 atom stereocenters. The van der Waals surface area contributed by atoms with Gasteiger partial charge in [-0.25, -0.2) is 14.8 Å². The van der Waals surface area contributed by atoms with E-state index in [1.807, 2.05) is 85.6 Å². The summed E-state index contributed by atoms with van der Waals surface area (Å²) in [6.07, 6.45) is 12.0. The summed E-state index contributed by atoms with van der Waals surface area (Å²) in [6.45, 7) is 0.355. The van der Waals surface area contributed by atoms with E-state index in [1.165, 1.54) is 4.90 Å². The summed E-state index contributed by atoms with van der Waals surface area (Å²) in [5.74, 6) is -0.224. The molecule has 0 radical (unpaired) electrons. The van der Waals surface area contributed by atoms with Crippen LogP contribution in [0.4, 0.5) is 4.79 Å². The highest BCUT2D eigenvalue weighted by molar-refractivity contribution is 5.88. The number of carbonyl (C=O) groups excluding carboxylic acids is 2. The number of hydrogen-bond acceptors (Lipinski definition) is 5. The van der Waals surface area contributed by atoms with Gasteiger partial charge in [0.25, 0.3) is 5.91 Å². The van der Waals surface area contributed by atoms with Gasteiger partial charge in [-0.05, 0) is 51.8 Å². The predicted octanol–water partition coefficient (Wildman–Crippen LogP) is 11.3. The Morgan fingerprint density at radius 1 is 0.493 bits per heavy atom. The molecule has 0 spiro atoms. The van der Waals surface area contributed by atoms with Crippen molar-refractivity contribution in [3.8, 4) is 0 Å². The smallest absolute Gasteiger partial charge is 0.414 e. The lowest BCUT2D eigenvalue weighted by Crippen LogP contribution is -2.51. The largest absolute Gasteiger partial charge is 0.449 e. The van der Waals surface area contributed by atoms with E-state index in [1.54, 1.807) is 17.3 Å². The molecule has 0 fully saturated rings. The van der Waals surface area contributed by atoms with Gasteiger partial charge in [-0.3, -0.25) is 9.69 Å². The van der Waals surface area contributed by atoms with E-state index in [-0.39, 0.29) is 19.1 Å². The van der Waals surface area contributed by atoms with Gasteiger partial charge >= 0.3 is 6.09 Å². The Morgan fingerprint density at radius 3 is 1.29 bits per heavy atom. The van der Waals surface area contributed by atoms with Crippen LogP contribution in [0, 0.1) is 0 Å². The van der Waals surface area contributed by atoms with Crippen LogP contribution in [0.1, 0.15) is 56.8 Å². The molecule has 340 valence electrons. The number of nitrogens with zero attached hydrogens (tertiary/aromatic N) is 6. The second-order valence-corrected chi connectivity index (χ2v) is 17.3. The number of hydrogen-bond donors (Lipinski definition) is 0. The van der Waals surface area contributed by atoms with Crippen molar-refractivity contribution < 1.29 is 14.3 Å². The molecule has 9 aromatic rings. The number of aryl methyl sites for hydroxylation is 1. The average Bonchev–Trinajstić information content (AvgIpc) is 4.10. The number of ether oxygens (including phenoxy) is 1. The summed E-state index contributed by atoms with van der Waals surface area (Å²) in [5, 5.41) is 0. The summed E-state index contributed by atoms with van der Waals surface area (Å²) in [4.78, 5) is 41.5. The maximum atomic E-state index is 14.6. The highest BCUT2D eigenvalue weighted by Gasteiger charge is 2.41. The van der Waals surface area contributed by atoms with Crippen LogP contribution < -0.4 is 0 Å². The number of carbonyl (C=O) groups is 2. The van der Waals surface area contributed by atoms with Crippen molar-refractivity contribution in [3.05, 3.63) is 300 Å². The van der Waals surface area contributed by atoms with Gasteiger partial charge in [-0.15, -0.1) is 0 Å². The van der Waals surface area contributed by atoms with Crippen LogP contribution in [0.5, 0.6) is 0 Å². The zero-order valence-corrected chi connectivity index (χ0v) is 38.2. The first-order chi connectivity index (χ1) is 34.0. The molecular formula is C60H52N6O3. The average molecular weight is 905 g/mol. The SMILES string of the molecule is O=C1[C@H](Cc2ccccc2)N(C(=O)OCCCc2cn(C(c3ccccc3)(c3ccccc3)c3ccccc3)cn2)C=CN1Cc1cn(C(c2ccccc2)(c2ccccc2)c2ccccc2)cn1. The Balaban J connectivity index is 0.874.